The van der Waals surface area contributed by atoms with E-state index >= 15 is 0 Å². The number of nitrogens with one attached hydrogen (secondary N) is 1. The molecule has 0 bridgehead atoms. The Morgan fingerprint density at radius 3 is 2.75 bits per heavy atom. The van der Waals surface area contributed by atoms with Gasteiger partial charge in [-0.25, -0.2) is 0 Å². The van der Waals surface area contributed by atoms with E-state index in [0.717, 1.165) is 19.6 Å². The molecule has 0 radical (unpaired) electrons. The number of rotatable bonds is 7. The first-order valence-electron chi connectivity index (χ1n) is 7.30. The first kappa shape index (κ1) is 14.7. The molecule has 1 aromatic heterocycles. The average Bonchev–Trinajstić information content (AvgIpc) is 2.84. The lowest BCUT2D eigenvalue weighted by molar-refractivity contribution is 0.402. The van der Waals surface area contributed by atoms with Crippen LogP contribution >= 0.6 is 0 Å². The van der Waals surface area contributed by atoms with E-state index in [-0.39, 0.29) is 0 Å². The van der Waals surface area contributed by atoms with Crippen LogP contribution in [0.15, 0.2) is 42.6 Å². The number of aryl methyl sites for hydroxylation is 1. The van der Waals surface area contributed by atoms with Gasteiger partial charge in [0.15, 0.2) is 0 Å². The summed E-state index contributed by atoms with van der Waals surface area (Å²) in [5.41, 5.74) is 3.86. The second-order valence-corrected chi connectivity index (χ2v) is 5.48. The van der Waals surface area contributed by atoms with Gasteiger partial charge < -0.3 is 14.8 Å². The summed E-state index contributed by atoms with van der Waals surface area (Å²) in [6.07, 6.45) is 3.32. The highest BCUT2D eigenvalue weighted by Crippen LogP contribution is 2.14. The second kappa shape index (κ2) is 7.15. The van der Waals surface area contributed by atoms with Gasteiger partial charge in [0, 0.05) is 30.7 Å². The van der Waals surface area contributed by atoms with Crippen LogP contribution in [0.4, 0.5) is 5.69 Å². The third-order valence-electron chi connectivity index (χ3n) is 3.29. The molecule has 0 saturated carbocycles. The van der Waals surface area contributed by atoms with Gasteiger partial charge in [0.1, 0.15) is 0 Å². The minimum atomic E-state index is 0.873. The lowest BCUT2D eigenvalue weighted by Crippen LogP contribution is -2.11. The summed E-state index contributed by atoms with van der Waals surface area (Å²) < 4.78 is 2.32. The van der Waals surface area contributed by atoms with Crippen molar-refractivity contribution in [2.24, 2.45) is 0 Å². The Bertz CT molecular complexity index is 529. The zero-order valence-corrected chi connectivity index (χ0v) is 12.8. The molecule has 1 N–H and O–H groups in total. The molecule has 2 aromatic rings. The SMILES string of the molecule is CCCn1cccc1CNc1cccc(CN(C)C)c1. The highest BCUT2D eigenvalue weighted by molar-refractivity contribution is 5.46. The first-order valence-corrected chi connectivity index (χ1v) is 7.30. The molecule has 1 heterocycles. The molecule has 0 unspecified atom stereocenters. The number of nitrogens with zero attached hydrogens (tertiary/aromatic N) is 2. The summed E-state index contributed by atoms with van der Waals surface area (Å²) >= 11 is 0. The zero-order chi connectivity index (χ0) is 14.4. The molecule has 108 valence electrons. The Labute approximate surface area is 122 Å². The molecule has 0 aliphatic heterocycles. The van der Waals surface area contributed by atoms with E-state index < -0.39 is 0 Å². The first-order chi connectivity index (χ1) is 9.69. The molecule has 1 aromatic carbocycles. The Balaban J connectivity index is 1.98. The monoisotopic (exact) mass is 271 g/mol. The largest absolute Gasteiger partial charge is 0.379 e. The van der Waals surface area contributed by atoms with Crippen LogP contribution in [-0.2, 0) is 19.6 Å². The molecule has 20 heavy (non-hydrogen) atoms. The van der Waals surface area contributed by atoms with Crippen molar-refractivity contribution in [1.82, 2.24) is 9.47 Å². The summed E-state index contributed by atoms with van der Waals surface area (Å²) in [4.78, 5) is 2.19. The summed E-state index contributed by atoms with van der Waals surface area (Å²) in [6, 6.07) is 13.0. The van der Waals surface area contributed by atoms with E-state index in [1.54, 1.807) is 0 Å². The summed E-state index contributed by atoms with van der Waals surface area (Å²) in [7, 11) is 4.19. The fourth-order valence-corrected chi connectivity index (χ4v) is 2.41. The molecule has 0 fully saturated rings. The van der Waals surface area contributed by atoms with Gasteiger partial charge in [0.05, 0.1) is 6.54 Å². The van der Waals surface area contributed by atoms with Crippen molar-refractivity contribution in [1.29, 1.82) is 0 Å². The van der Waals surface area contributed by atoms with Crippen LogP contribution in [0.5, 0.6) is 0 Å². The molecule has 0 aliphatic carbocycles. The minimum absolute atomic E-state index is 0.873. The van der Waals surface area contributed by atoms with E-state index in [1.807, 2.05) is 0 Å². The van der Waals surface area contributed by atoms with Crippen LogP contribution in [0.3, 0.4) is 0 Å². The van der Waals surface area contributed by atoms with Gasteiger partial charge >= 0.3 is 0 Å². The molecule has 3 nitrogen and oxygen atoms in total. The van der Waals surface area contributed by atoms with Gasteiger partial charge in [-0.05, 0) is 50.3 Å². The highest BCUT2D eigenvalue weighted by Gasteiger charge is 2.01. The number of hydrogen-bond donors (Lipinski definition) is 1. The minimum Gasteiger partial charge on any atom is -0.379 e. The van der Waals surface area contributed by atoms with E-state index in [0.29, 0.717) is 0 Å². The van der Waals surface area contributed by atoms with Gasteiger partial charge in [0.25, 0.3) is 0 Å². The lowest BCUT2D eigenvalue weighted by atomic mass is 10.2. The Morgan fingerprint density at radius 2 is 2.00 bits per heavy atom. The second-order valence-electron chi connectivity index (χ2n) is 5.48. The maximum Gasteiger partial charge on any atom is 0.0553 e. The quantitative estimate of drug-likeness (QED) is 0.830. The topological polar surface area (TPSA) is 20.2 Å². The third-order valence-corrected chi connectivity index (χ3v) is 3.29. The predicted molar refractivity (Wildman–Crippen MR) is 85.9 cm³/mol. The van der Waals surface area contributed by atoms with E-state index in [4.69, 9.17) is 0 Å². The lowest BCUT2D eigenvalue weighted by Gasteiger charge is -2.13. The van der Waals surface area contributed by atoms with Crippen molar-refractivity contribution in [2.75, 3.05) is 19.4 Å². The van der Waals surface area contributed by atoms with Crippen molar-refractivity contribution < 1.29 is 0 Å². The number of aromatic nitrogens is 1. The summed E-state index contributed by atoms with van der Waals surface area (Å²) in [5.74, 6) is 0. The maximum absolute atomic E-state index is 3.52. The van der Waals surface area contributed by atoms with Crippen molar-refractivity contribution in [2.45, 2.75) is 33.0 Å². The van der Waals surface area contributed by atoms with E-state index in [9.17, 15) is 0 Å². The fraction of sp³-hybridized carbons (Fsp3) is 0.412. The van der Waals surface area contributed by atoms with Crippen LogP contribution in [0.2, 0.25) is 0 Å². The molecule has 2 rings (SSSR count). The summed E-state index contributed by atoms with van der Waals surface area (Å²) in [5, 5.41) is 3.52. The molecule has 3 heteroatoms. The smallest absolute Gasteiger partial charge is 0.0553 e. The predicted octanol–water partition coefficient (Wildman–Crippen LogP) is 3.57. The normalized spacial score (nSPS) is 11.0. The van der Waals surface area contributed by atoms with Crippen molar-refractivity contribution in [3.05, 3.63) is 53.9 Å². The Morgan fingerprint density at radius 1 is 1.15 bits per heavy atom. The van der Waals surface area contributed by atoms with Crippen LogP contribution in [0.1, 0.15) is 24.6 Å². The highest BCUT2D eigenvalue weighted by atomic mass is 15.0. The van der Waals surface area contributed by atoms with Gasteiger partial charge in [-0.2, -0.15) is 0 Å². The maximum atomic E-state index is 3.52. The van der Waals surface area contributed by atoms with Crippen LogP contribution in [0.25, 0.3) is 0 Å². The molecule has 0 spiro atoms. The average molecular weight is 271 g/mol. The standard InChI is InChI=1S/C17H25N3/c1-4-10-20-11-6-9-17(20)13-18-16-8-5-7-15(12-16)14-19(2)3/h5-9,11-12,18H,4,10,13-14H2,1-3H3. The zero-order valence-electron chi connectivity index (χ0n) is 12.8. The number of anilines is 1. The molecule has 0 saturated heterocycles. The van der Waals surface area contributed by atoms with Crippen molar-refractivity contribution in [3.8, 4) is 0 Å². The van der Waals surface area contributed by atoms with Crippen LogP contribution in [0, 0.1) is 0 Å². The van der Waals surface area contributed by atoms with Gasteiger partial charge in [-0.1, -0.05) is 19.1 Å². The van der Waals surface area contributed by atoms with Gasteiger partial charge in [-0.3, -0.25) is 0 Å². The van der Waals surface area contributed by atoms with Gasteiger partial charge in [0.2, 0.25) is 0 Å². The Hall–Kier alpha value is -1.74. The van der Waals surface area contributed by atoms with Crippen LogP contribution in [-0.4, -0.2) is 23.6 Å². The molecule has 0 atom stereocenters. The van der Waals surface area contributed by atoms with Crippen LogP contribution < -0.4 is 5.32 Å². The number of hydrogen-bond acceptors (Lipinski definition) is 2. The van der Waals surface area contributed by atoms with Crippen molar-refractivity contribution >= 4 is 5.69 Å². The van der Waals surface area contributed by atoms with Gasteiger partial charge in [-0.15, -0.1) is 0 Å². The van der Waals surface area contributed by atoms with Crippen molar-refractivity contribution in [3.63, 3.8) is 0 Å². The number of benzene rings is 1. The Kier molecular flexibility index (Phi) is 5.24. The molecule has 0 aliphatic rings. The van der Waals surface area contributed by atoms with E-state index in [2.05, 4.69) is 78.4 Å². The summed E-state index contributed by atoms with van der Waals surface area (Å²) in [6.45, 7) is 5.15. The molecular weight excluding hydrogens is 246 g/mol. The molecular formula is C17H25N3. The fourth-order valence-electron chi connectivity index (χ4n) is 2.41. The third kappa shape index (κ3) is 4.14. The molecule has 0 amide bonds. The van der Waals surface area contributed by atoms with E-state index in [1.165, 1.54) is 23.4 Å².